The molecule has 1 aliphatic rings. The molecule has 1 aromatic heterocycles. The smallest absolute Gasteiger partial charge is 0.224 e. The van der Waals surface area contributed by atoms with E-state index in [1.165, 1.54) is 12.8 Å². The van der Waals surface area contributed by atoms with Gasteiger partial charge in [-0.05, 0) is 69.1 Å². The number of guanidine groups is 1. The molecule has 3 rings (SSSR count). The summed E-state index contributed by atoms with van der Waals surface area (Å²) in [5.41, 5.74) is 1.91. The fraction of sp³-hybridized carbons (Fsp3) is 0.500. The Morgan fingerprint density at radius 3 is 2.50 bits per heavy atom. The molecule has 0 saturated carbocycles. The largest absolute Gasteiger partial charge is 0.468 e. The number of rotatable bonds is 10. The molecule has 0 radical (unpaired) electrons. The van der Waals surface area contributed by atoms with Crippen LogP contribution in [-0.2, 0) is 11.3 Å². The zero-order valence-electron chi connectivity index (χ0n) is 19.1. The summed E-state index contributed by atoms with van der Waals surface area (Å²) in [6, 6.07) is 12.1. The summed E-state index contributed by atoms with van der Waals surface area (Å²) in [5, 5.41) is 9.73. The van der Waals surface area contributed by atoms with E-state index in [2.05, 4.69) is 33.8 Å². The number of carbonyl (C=O) groups is 1. The van der Waals surface area contributed by atoms with Crippen molar-refractivity contribution >= 4 is 41.5 Å². The first kappa shape index (κ1) is 26.2. The fourth-order valence-corrected chi connectivity index (χ4v) is 3.79. The monoisotopic (exact) mass is 553 g/mol. The molecule has 3 N–H and O–H groups in total. The van der Waals surface area contributed by atoms with Gasteiger partial charge in [0.15, 0.2) is 5.96 Å². The molecule has 1 unspecified atom stereocenters. The normalized spacial score (nSPS) is 15.1. The molecule has 0 aliphatic carbocycles. The third kappa shape index (κ3) is 8.12. The van der Waals surface area contributed by atoms with Gasteiger partial charge in [-0.3, -0.25) is 9.69 Å². The van der Waals surface area contributed by atoms with Crippen LogP contribution in [-0.4, -0.2) is 42.9 Å². The van der Waals surface area contributed by atoms with Crippen LogP contribution in [0.2, 0.25) is 0 Å². The number of nitrogens with one attached hydrogen (secondary N) is 3. The van der Waals surface area contributed by atoms with Crippen molar-refractivity contribution in [1.82, 2.24) is 15.5 Å². The van der Waals surface area contributed by atoms with Gasteiger partial charge in [0.1, 0.15) is 5.76 Å². The van der Waals surface area contributed by atoms with Crippen LogP contribution in [0.1, 0.15) is 56.9 Å². The Morgan fingerprint density at radius 2 is 1.88 bits per heavy atom. The Morgan fingerprint density at radius 1 is 1.12 bits per heavy atom. The fourth-order valence-electron chi connectivity index (χ4n) is 3.79. The molecule has 1 aliphatic heterocycles. The van der Waals surface area contributed by atoms with E-state index in [-0.39, 0.29) is 35.9 Å². The van der Waals surface area contributed by atoms with E-state index in [9.17, 15) is 4.79 Å². The van der Waals surface area contributed by atoms with E-state index in [1.54, 1.807) is 6.26 Å². The molecule has 0 spiro atoms. The van der Waals surface area contributed by atoms with Gasteiger partial charge in [0, 0.05) is 25.2 Å². The third-order valence-electron chi connectivity index (χ3n) is 5.39. The molecule has 0 bridgehead atoms. The van der Waals surface area contributed by atoms with E-state index >= 15 is 0 Å². The highest BCUT2D eigenvalue weighted by molar-refractivity contribution is 14.0. The van der Waals surface area contributed by atoms with Gasteiger partial charge in [-0.15, -0.1) is 24.0 Å². The molecule has 8 heteroatoms. The molecule has 176 valence electrons. The van der Waals surface area contributed by atoms with E-state index in [0.717, 1.165) is 55.6 Å². The lowest BCUT2D eigenvalue weighted by Crippen LogP contribution is -2.42. The Bertz CT molecular complexity index is 817. The number of amides is 1. The Kier molecular flexibility index (Phi) is 11.6. The summed E-state index contributed by atoms with van der Waals surface area (Å²) in [6.45, 7) is 8.36. The van der Waals surface area contributed by atoms with Crippen LogP contribution in [0.25, 0.3) is 0 Å². The second-order valence-corrected chi connectivity index (χ2v) is 7.85. The minimum atomic E-state index is 0. The van der Waals surface area contributed by atoms with Gasteiger partial charge in [-0.25, -0.2) is 4.99 Å². The average Bonchev–Trinajstić information content (AvgIpc) is 3.48. The third-order valence-corrected chi connectivity index (χ3v) is 5.39. The number of furan rings is 1. The number of nitrogens with zero attached hydrogens (tertiary/aromatic N) is 2. The van der Waals surface area contributed by atoms with Crippen LogP contribution < -0.4 is 16.0 Å². The van der Waals surface area contributed by atoms with Crippen molar-refractivity contribution in [2.75, 3.05) is 31.5 Å². The molecule has 32 heavy (non-hydrogen) atoms. The molecule has 2 heterocycles. The maximum atomic E-state index is 11.7. The van der Waals surface area contributed by atoms with Crippen molar-refractivity contribution in [2.45, 2.75) is 52.1 Å². The number of hydrogen-bond acceptors (Lipinski definition) is 4. The van der Waals surface area contributed by atoms with Crippen LogP contribution in [0.4, 0.5) is 5.69 Å². The number of halogens is 1. The van der Waals surface area contributed by atoms with Gasteiger partial charge in [0.2, 0.25) is 5.91 Å². The zero-order chi connectivity index (χ0) is 21.9. The Balaban J connectivity index is 0.00000363. The molecule has 1 aromatic carbocycles. The predicted molar refractivity (Wildman–Crippen MR) is 140 cm³/mol. The van der Waals surface area contributed by atoms with Gasteiger partial charge in [0.05, 0.1) is 18.8 Å². The quantitative estimate of drug-likeness (QED) is 0.229. The highest BCUT2D eigenvalue weighted by Crippen LogP contribution is 2.24. The minimum absolute atomic E-state index is 0. The van der Waals surface area contributed by atoms with Crippen molar-refractivity contribution in [3.63, 3.8) is 0 Å². The average molecular weight is 553 g/mol. The Hall–Kier alpha value is -2.07. The van der Waals surface area contributed by atoms with Crippen molar-refractivity contribution in [1.29, 1.82) is 0 Å². The topological polar surface area (TPSA) is 81.9 Å². The summed E-state index contributed by atoms with van der Waals surface area (Å²) in [7, 11) is 0. The molecule has 1 amide bonds. The summed E-state index contributed by atoms with van der Waals surface area (Å²) < 4.78 is 5.71. The number of likely N-dealkylation sites (tertiary alicyclic amines) is 1. The summed E-state index contributed by atoms with van der Waals surface area (Å²) in [4.78, 5) is 18.9. The summed E-state index contributed by atoms with van der Waals surface area (Å²) >= 11 is 0. The first-order valence-electron chi connectivity index (χ1n) is 11.4. The van der Waals surface area contributed by atoms with Crippen molar-refractivity contribution in [2.24, 2.45) is 4.99 Å². The molecule has 1 fully saturated rings. The summed E-state index contributed by atoms with van der Waals surface area (Å²) in [6.07, 6.45) is 5.60. The van der Waals surface area contributed by atoms with Crippen LogP contribution >= 0.6 is 24.0 Å². The van der Waals surface area contributed by atoms with Crippen molar-refractivity contribution in [3.8, 4) is 0 Å². The number of aliphatic imine (C=N–C) groups is 1. The second kappa shape index (κ2) is 14.2. The van der Waals surface area contributed by atoms with Crippen LogP contribution in [0.5, 0.6) is 0 Å². The van der Waals surface area contributed by atoms with E-state index in [0.29, 0.717) is 13.0 Å². The van der Waals surface area contributed by atoms with E-state index < -0.39 is 0 Å². The molecular weight excluding hydrogens is 517 g/mol. The zero-order valence-corrected chi connectivity index (χ0v) is 21.4. The van der Waals surface area contributed by atoms with E-state index in [1.807, 2.05) is 37.3 Å². The summed E-state index contributed by atoms with van der Waals surface area (Å²) in [5.74, 6) is 1.83. The maximum absolute atomic E-state index is 11.7. The lowest BCUT2D eigenvalue weighted by Gasteiger charge is -2.26. The molecule has 1 atom stereocenters. The highest BCUT2D eigenvalue weighted by atomic mass is 127. The molecule has 7 nitrogen and oxygen atoms in total. The first-order chi connectivity index (χ1) is 15.2. The van der Waals surface area contributed by atoms with Gasteiger partial charge < -0.3 is 20.4 Å². The standard InChI is InChI=1S/C24H35N5O2.HI/c1-3-8-23(30)28-20-12-10-19(11-13-20)17-26-24(25-4-2)27-18-21(22-9-7-16-31-22)29-14-5-6-15-29;/h7,9-13,16,21H,3-6,8,14-15,17-18H2,1-2H3,(H,28,30)(H2,25,26,27);1H. The Labute approximate surface area is 208 Å². The molecular formula is C24H36IN5O2. The van der Waals surface area contributed by atoms with Crippen LogP contribution in [0.15, 0.2) is 52.1 Å². The van der Waals surface area contributed by atoms with Crippen LogP contribution in [0.3, 0.4) is 0 Å². The lowest BCUT2D eigenvalue weighted by atomic mass is 10.2. The maximum Gasteiger partial charge on any atom is 0.224 e. The van der Waals surface area contributed by atoms with Crippen LogP contribution in [0, 0.1) is 0 Å². The number of anilines is 1. The van der Waals surface area contributed by atoms with E-state index in [4.69, 9.17) is 9.41 Å². The number of benzene rings is 1. The van der Waals surface area contributed by atoms with Gasteiger partial charge in [0.25, 0.3) is 0 Å². The molecule has 2 aromatic rings. The highest BCUT2D eigenvalue weighted by Gasteiger charge is 2.25. The number of carbonyl (C=O) groups excluding carboxylic acids is 1. The van der Waals surface area contributed by atoms with Gasteiger partial charge in [-0.1, -0.05) is 19.1 Å². The van der Waals surface area contributed by atoms with Crippen molar-refractivity contribution in [3.05, 3.63) is 54.0 Å². The SMILES string of the molecule is CCCC(=O)Nc1ccc(CN=C(NCC)NCC(c2ccco2)N2CCCC2)cc1.I. The minimum Gasteiger partial charge on any atom is -0.468 e. The predicted octanol–water partition coefficient (Wildman–Crippen LogP) is 4.53. The lowest BCUT2D eigenvalue weighted by molar-refractivity contribution is -0.116. The van der Waals surface area contributed by atoms with Crippen molar-refractivity contribution < 1.29 is 9.21 Å². The van der Waals surface area contributed by atoms with Gasteiger partial charge in [-0.2, -0.15) is 0 Å². The second-order valence-electron chi connectivity index (χ2n) is 7.85. The first-order valence-corrected chi connectivity index (χ1v) is 11.4. The van der Waals surface area contributed by atoms with Gasteiger partial charge >= 0.3 is 0 Å². The number of hydrogen-bond donors (Lipinski definition) is 3. The molecule has 1 saturated heterocycles.